The molecule has 1 aromatic carbocycles. The number of carboxylic acids is 1. The quantitative estimate of drug-likeness (QED) is 0.586. The second-order valence-electron chi connectivity index (χ2n) is 3.91. The minimum Gasteiger partial charge on any atom is -0.478 e. The number of rotatable bonds is 8. The van der Waals surface area contributed by atoms with Crippen LogP contribution >= 0.6 is 7.60 Å². The summed E-state index contributed by atoms with van der Waals surface area (Å²) in [6.45, 7) is 3.70. The van der Waals surface area contributed by atoms with Gasteiger partial charge in [-0.15, -0.1) is 0 Å². The summed E-state index contributed by atoms with van der Waals surface area (Å²) in [5, 5.41) is 8.77. The molecule has 0 fully saturated rings. The maximum atomic E-state index is 12.2. The molecule has 1 rings (SSSR count). The first kappa shape index (κ1) is 16.6. The van der Waals surface area contributed by atoms with Crippen LogP contribution in [0.15, 0.2) is 24.3 Å². The molecule has 0 spiro atoms. The summed E-state index contributed by atoms with van der Waals surface area (Å²) in [5.41, 5.74) is 0.356. The van der Waals surface area contributed by atoms with E-state index < -0.39 is 19.3 Å². The highest BCUT2D eigenvalue weighted by Gasteiger charge is 2.28. The van der Waals surface area contributed by atoms with Crippen LogP contribution < -0.4 is 0 Å². The lowest BCUT2D eigenvalue weighted by Crippen LogP contribution is -2.10. The fraction of sp³-hybridized carbons (Fsp3) is 0.385. The van der Waals surface area contributed by atoms with Gasteiger partial charge in [0, 0.05) is 5.56 Å². The van der Waals surface area contributed by atoms with Crippen LogP contribution in [0, 0.1) is 0 Å². The minimum atomic E-state index is -3.44. The first-order chi connectivity index (χ1) is 9.41. The van der Waals surface area contributed by atoms with Crippen molar-refractivity contribution in [1.82, 2.24) is 0 Å². The highest BCUT2D eigenvalue weighted by atomic mass is 31.2. The van der Waals surface area contributed by atoms with Crippen LogP contribution in [0.3, 0.4) is 0 Å². The number of aromatic carboxylic acids is 1. The molecule has 0 heterocycles. The molecule has 0 aliphatic carbocycles. The summed E-state index contributed by atoms with van der Waals surface area (Å²) < 4.78 is 22.3. The van der Waals surface area contributed by atoms with Crippen LogP contribution in [0.25, 0.3) is 0 Å². The maximum Gasteiger partial charge on any atom is 0.338 e. The van der Waals surface area contributed by atoms with Crippen LogP contribution in [0.4, 0.5) is 0 Å². The van der Waals surface area contributed by atoms with Crippen LogP contribution in [0.1, 0.15) is 34.6 Å². The van der Waals surface area contributed by atoms with E-state index in [0.29, 0.717) is 0 Å². The standard InChI is InChI=1S/C13H17O6P/c1-3-18-20(17,19-4-2)9-12(14)10-5-7-11(8-6-10)13(15)16/h5-8H,3-4,9H2,1-2H3,(H,15,16). The third-order valence-corrected chi connectivity index (χ3v) is 4.42. The van der Waals surface area contributed by atoms with E-state index in [1.807, 2.05) is 0 Å². The molecule has 0 saturated heterocycles. The van der Waals surface area contributed by atoms with Crippen LogP contribution in [-0.2, 0) is 13.6 Å². The molecule has 1 aromatic rings. The second kappa shape index (κ2) is 7.33. The average molecular weight is 300 g/mol. The normalized spacial score (nSPS) is 11.3. The van der Waals surface area contributed by atoms with E-state index in [1.165, 1.54) is 24.3 Å². The van der Waals surface area contributed by atoms with Crippen molar-refractivity contribution >= 4 is 19.3 Å². The minimum absolute atomic E-state index is 0.0827. The number of hydrogen-bond donors (Lipinski definition) is 1. The van der Waals surface area contributed by atoms with E-state index >= 15 is 0 Å². The molecule has 0 bridgehead atoms. The third-order valence-electron chi connectivity index (χ3n) is 2.44. The topological polar surface area (TPSA) is 89.9 Å². The van der Waals surface area contributed by atoms with Crippen molar-refractivity contribution in [2.24, 2.45) is 0 Å². The van der Waals surface area contributed by atoms with Gasteiger partial charge >= 0.3 is 13.6 Å². The summed E-state index contributed by atoms with van der Waals surface area (Å²) in [6.07, 6.45) is -0.360. The Morgan fingerprint density at radius 3 is 1.90 bits per heavy atom. The zero-order chi connectivity index (χ0) is 15.2. The van der Waals surface area contributed by atoms with Gasteiger partial charge in [0.05, 0.1) is 18.8 Å². The predicted molar refractivity (Wildman–Crippen MR) is 73.5 cm³/mol. The number of Topliss-reactive ketones (excluding diaryl/α,β-unsaturated/α-hetero) is 1. The summed E-state index contributed by atoms with van der Waals surface area (Å²) in [5.74, 6) is -1.48. The van der Waals surface area contributed by atoms with E-state index in [-0.39, 0.29) is 30.5 Å². The Labute approximate surface area is 117 Å². The molecule has 0 aliphatic heterocycles. The fourth-order valence-corrected chi connectivity index (χ4v) is 3.17. The highest BCUT2D eigenvalue weighted by Crippen LogP contribution is 2.48. The van der Waals surface area contributed by atoms with Gasteiger partial charge in [-0.05, 0) is 26.0 Å². The molecule has 6 nitrogen and oxygen atoms in total. The number of carboxylic acid groups (broad SMARTS) is 1. The molecule has 20 heavy (non-hydrogen) atoms. The van der Waals surface area contributed by atoms with Gasteiger partial charge < -0.3 is 14.2 Å². The monoisotopic (exact) mass is 300 g/mol. The molecule has 110 valence electrons. The lowest BCUT2D eigenvalue weighted by molar-refractivity contribution is 0.0696. The molecule has 7 heteroatoms. The van der Waals surface area contributed by atoms with Gasteiger partial charge in [0.15, 0.2) is 5.78 Å². The van der Waals surface area contributed by atoms with E-state index in [1.54, 1.807) is 13.8 Å². The molecule has 0 radical (unpaired) electrons. The van der Waals surface area contributed by atoms with Crippen LogP contribution in [-0.4, -0.2) is 36.2 Å². The summed E-state index contributed by atoms with van der Waals surface area (Å²) in [6, 6.07) is 5.41. The highest BCUT2D eigenvalue weighted by molar-refractivity contribution is 7.54. The molecule has 0 saturated carbocycles. The Morgan fingerprint density at radius 2 is 1.50 bits per heavy atom. The Bertz CT molecular complexity index is 512. The Morgan fingerprint density at radius 1 is 1.05 bits per heavy atom. The van der Waals surface area contributed by atoms with Crippen molar-refractivity contribution < 1.29 is 28.3 Å². The maximum absolute atomic E-state index is 12.2. The number of hydrogen-bond acceptors (Lipinski definition) is 5. The van der Waals surface area contributed by atoms with Gasteiger partial charge in [0.25, 0.3) is 0 Å². The first-order valence-corrected chi connectivity index (χ1v) is 7.89. The SMILES string of the molecule is CCOP(=O)(CC(=O)c1ccc(C(=O)O)cc1)OCC. The van der Waals surface area contributed by atoms with E-state index in [4.69, 9.17) is 14.2 Å². The molecule has 1 N–H and O–H groups in total. The van der Waals surface area contributed by atoms with Crippen LogP contribution in [0.2, 0.25) is 0 Å². The zero-order valence-corrected chi connectivity index (χ0v) is 12.3. The lowest BCUT2D eigenvalue weighted by Gasteiger charge is -2.16. The van der Waals surface area contributed by atoms with Gasteiger partial charge in [-0.1, -0.05) is 12.1 Å². The first-order valence-electron chi connectivity index (χ1n) is 6.16. The average Bonchev–Trinajstić information content (AvgIpc) is 2.39. The van der Waals surface area contributed by atoms with Gasteiger partial charge in [-0.3, -0.25) is 9.36 Å². The summed E-state index contributed by atoms with van der Waals surface area (Å²) in [4.78, 5) is 22.7. The van der Waals surface area contributed by atoms with E-state index in [9.17, 15) is 14.2 Å². The molecule has 0 unspecified atom stereocenters. The fourth-order valence-electron chi connectivity index (χ4n) is 1.59. The van der Waals surface area contributed by atoms with Crippen molar-refractivity contribution in [1.29, 1.82) is 0 Å². The predicted octanol–water partition coefficient (Wildman–Crippen LogP) is 2.83. The van der Waals surface area contributed by atoms with Gasteiger partial charge in [0.2, 0.25) is 0 Å². The smallest absolute Gasteiger partial charge is 0.338 e. The Hall–Kier alpha value is -1.49. The van der Waals surface area contributed by atoms with E-state index in [2.05, 4.69) is 0 Å². The lowest BCUT2D eigenvalue weighted by atomic mass is 10.1. The van der Waals surface area contributed by atoms with Gasteiger partial charge in [-0.25, -0.2) is 4.79 Å². The van der Waals surface area contributed by atoms with Gasteiger partial charge in [-0.2, -0.15) is 0 Å². The molecule has 0 atom stereocenters. The van der Waals surface area contributed by atoms with Crippen LogP contribution in [0.5, 0.6) is 0 Å². The molecule has 0 aliphatic rings. The number of ketones is 1. The molecular formula is C13H17O6P. The molecule has 0 amide bonds. The van der Waals surface area contributed by atoms with Crippen molar-refractivity contribution in [2.45, 2.75) is 13.8 Å². The number of carbonyl (C=O) groups excluding carboxylic acids is 1. The molecule has 0 aromatic heterocycles. The molecular weight excluding hydrogens is 283 g/mol. The third kappa shape index (κ3) is 4.56. The van der Waals surface area contributed by atoms with Crippen molar-refractivity contribution in [3.63, 3.8) is 0 Å². The zero-order valence-electron chi connectivity index (χ0n) is 11.4. The van der Waals surface area contributed by atoms with Crippen molar-refractivity contribution in [2.75, 3.05) is 19.4 Å². The van der Waals surface area contributed by atoms with Crippen molar-refractivity contribution in [3.05, 3.63) is 35.4 Å². The van der Waals surface area contributed by atoms with E-state index in [0.717, 1.165) is 0 Å². The van der Waals surface area contributed by atoms with Crippen molar-refractivity contribution in [3.8, 4) is 0 Å². The second-order valence-corrected chi connectivity index (χ2v) is 5.96. The Balaban J connectivity index is 2.83. The summed E-state index contributed by atoms with van der Waals surface area (Å²) >= 11 is 0. The number of carbonyl (C=O) groups is 2. The number of benzene rings is 1. The van der Waals surface area contributed by atoms with Gasteiger partial charge in [0.1, 0.15) is 6.16 Å². The Kier molecular flexibility index (Phi) is 6.07. The summed E-state index contributed by atoms with van der Waals surface area (Å²) in [7, 11) is -3.44. The largest absolute Gasteiger partial charge is 0.478 e.